The van der Waals surface area contributed by atoms with Crippen molar-refractivity contribution in [2.75, 3.05) is 35.6 Å². The molecule has 3 rings (SSSR count). The van der Waals surface area contributed by atoms with Gasteiger partial charge in [0, 0.05) is 19.3 Å². The third kappa shape index (κ3) is 4.42. The van der Waals surface area contributed by atoms with E-state index in [9.17, 15) is 13.2 Å². The molecule has 1 heterocycles. The number of fused-ring (bicyclic) bond motifs is 1. The van der Waals surface area contributed by atoms with Crippen LogP contribution in [0.5, 0.6) is 0 Å². The summed E-state index contributed by atoms with van der Waals surface area (Å²) in [7, 11) is -2.00. The Morgan fingerprint density at radius 3 is 2.69 bits per heavy atom. The quantitative estimate of drug-likeness (QED) is 0.806. The number of hydrogen-bond acceptors (Lipinski definition) is 4. The Balaban J connectivity index is 1.70. The van der Waals surface area contributed by atoms with Crippen molar-refractivity contribution in [3.05, 3.63) is 59.7 Å². The second-order valence-corrected chi connectivity index (χ2v) is 8.07. The van der Waals surface area contributed by atoms with Gasteiger partial charge >= 0.3 is 0 Å². The van der Waals surface area contributed by atoms with Crippen LogP contribution in [0.1, 0.15) is 11.1 Å². The summed E-state index contributed by atoms with van der Waals surface area (Å²) in [6, 6.07) is 14.8. The van der Waals surface area contributed by atoms with E-state index in [0.717, 1.165) is 23.2 Å². The average molecular weight is 374 g/mol. The van der Waals surface area contributed by atoms with Crippen LogP contribution in [0.2, 0.25) is 0 Å². The number of aryl methyl sites for hydroxylation is 1. The molecule has 0 atom stereocenters. The smallest absolute Gasteiger partial charge is 0.252 e. The monoisotopic (exact) mass is 374 g/mol. The highest BCUT2D eigenvalue weighted by Gasteiger charge is 2.25. The zero-order valence-corrected chi connectivity index (χ0v) is 15.5. The Morgan fingerprint density at radius 1 is 1.19 bits per heavy atom. The van der Waals surface area contributed by atoms with Crippen LogP contribution in [0.4, 0.5) is 11.4 Å². The Bertz CT molecular complexity index is 882. The first-order chi connectivity index (χ1) is 12.5. The molecule has 6 nitrogen and oxygen atoms in total. The van der Waals surface area contributed by atoms with Crippen LogP contribution < -0.4 is 9.62 Å². The number of nitrogens with zero attached hydrogens (tertiary/aromatic N) is 1. The van der Waals surface area contributed by atoms with E-state index in [4.69, 9.17) is 4.74 Å². The van der Waals surface area contributed by atoms with Crippen LogP contribution in [0.15, 0.2) is 48.5 Å². The molecule has 1 amide bonds. The zero-order chi connectivity index (χ0) is 18.6. The molecule has 2 aromatic carbocycles. The molecule has 0 bridgehead atoms. The topological polar surface area (TPSA) is 75.7 Å². The third-order valence-electron chi connectivity index (χ3n) is 4.33. The first-order valence-electron chi connectivity index (χ1n) is 8.45. The van der Waals surface area contributed by atoms with Crippen molar-refractivity contribution in [3.63, 3.8) is 0 Å². The molecule has 1 N–H and O–H groups in total. The molecule has 0 unspecified atom stereocenters. The summed E-state index contributed by atoms with van der Waals surface area (Å²) in [6.07, 6.45) is 1.20. The van der Waals surface area contributed by atoms with E-state index in [2.05, 4.69) is 4.72 Å². The molecule has 0 saturated carbocycles. The molecule has 26 heavy (non-hydrogen) atoms. The van der Waals surface area contributed by atoms with Gasteiger partial charge in [0.1, 0.15) is 6.61 Å². The Kier molecular flexibility index (Phi) is 5.58. The summed E-state index contributed by atoms with van der Waals surface area (Å²) in [5, 5.41) is 0. The summed E-state index contributed by atoms with van der Waals surface area (Å²) >= 11 is 0. The summed E-state index contributed by atoms with van der Waals surface area (Å²) in [5.74, 6) is -0.129. The summed E-state index contributed by atoms with van der Waals surface area (Å²) in [6.45, 7) is 0.591. The van der Waals surface area contributed by atoms with E-state index in [-0.39, 0.29) is 18.3 Å². The van der Waals surface area contributed by atoms with Gasteiger partial charge < -0.3 is 9.64 Å². The van der Waals surface area contributed by atoms with E-state index in [1.807, 2.05) is 36.4 Å². The minimum Gasteiger partial charge on any atom is -0.375 e. The van der Waals surface area contributed by atoms with Gasteiger partial charge in [0.15, 0.2) is 0 Å². The molecule has 0 spiro atoms. The lowest BCUT2D eigenvalue weighted by Crippen LogP contribution is -2.32. The van der Waals surface area contributed by atoms with Crippen LogP contribution in [-0.2, 0) is 32.4 Å². The highest BCUT2D eigenvalue weighted by atomic mass is 32.2. The SMILES string of the molecule is COCC(=O)N1CCc2ccc(NS(=O)(=O)CCc3ccccc3)cc21. The molecule has 1 aliphatic rings. The van der Waals surface area contributed by atoms with Crippen molar-refractivity contribution in [3.8, 4) is 0 Å². The first-order valence-corrected chi connectivity index (χ1v) is 10.1. The Hall–Kier alpha value is -2.38. The summed E-state index contributed by atoms with van der Waals surface area (Å²) < 4.78 is 32.3. The number of nitrogens with one attached hydrogen (secondary N) is 1. The standard InChI is InChI=1S/C19H22N2O4S/c1-25-14-19(22)21-11-9-16-7-8-17(13-18(16)21)20-26(23,24)12-10-15-5-3-2-4-6-15/h2-8,13,20H,9-12,14H2,1H3. The van der Waals surface area contributed by atoms with Gasteiger partial charge in [-0.25, -0.2) is 8.42 Å². The minimum atomic E-state index is -3.48. The van der Waals surface area contributed by atoms with Crippen LogP contribution in [-0.4, -0.2) is 40.3 Å². The molecule has 138 valence electrons. The summed E-state index contributed by atoms with van der Waals surface area (Å²) in [4.78, 5) is 13.8. The number of methoxy groups -OCH3 is 1. The maximum Gasteiger partial charge on any atom is 0.252 e. The molecule has 1 aliphatic heterocycles. The Morgan fingerprint density at radius 2 is 1.96 bits per heavy atom. The number of carbonyl (C=O) groups is 1. The second-order valence-electron chi connectivity index (χ2n) is 6.23. The minimum absolute atomic E-state index is 0.000414. The van der Waals surface area contributed by atoms with Gasteiger partial charge in [-0.15, -0.1) is 0 Å². The molecule has 2 aromatic rings. The lowest BCUT2D eigenvalue weighted by atomic mass is 10.1. The number of hydrogen-bond donors (Lipinski definition) is 1. The van der Waals surface area contributed by atoms with Crippen molar-refractivity contribution in [2.45, 2.75) is 12.8 Å². The van der Waals surface area contributed by atoms with Crippen molar-refractivity contribution in [2.24, 2.45) is 0 Å². The molecule has 0 radical (unpaired) electrons. The predicted octanol–water partition coefficient (Wildman–Crippen LogP) is 2.21. The Labute approximate surface area is 153 Å². The maximum absolute atomic E-state index is 12.4. The second kappa shape index (κ2) is 7.88. The fourth-order valence-electron chi connectivity index (χ4n) is 3.03. The van der Waals surface area contributed by atoms with Crippen molar-refractivity contribution < 1.29 is 17.9 Å². The van der Waals surface area contributed by atoms with Crippen LogP contribution >= 0.6 is 0 Å². The number of sulfonamides is 1. The molecular weight excluding hydrogens is 352 g/mol. The lowest BCUT2D eigenvalue weighted by Gasteiger charge is -2.18. The molecule has 0 aliphatic carbocycles. The molecular formula is C19H22N2O4S. The van der Waals surface area contributed by atoms with Gasteiger partial charge in [-0.1, -0.05) is 36.4 Å². The lowest BCUT2D eigenvalue weighted by molar-refractivity contribution is -0.122. The highest BCUT2D eigenvalue weighted by Crippen LogP contribution is 2.31. The molecule has 0 fully saturated rings. The highest BCUT2D eigenvalue weighted by molar-refractivity contribution is 7.92. The molecule has 0 aromatic heterocycles. The van der Waals surface area contributed by atoms with Crippen LogP contribution in [0.25, 0.3) is 0 Å². The van der Waals surface area contributed by atoms with Gasteiger partial charge in [-0.3, -0.25) is 9.52 Å². The zero-order valence-electron chi connectivity index (χ0n) is 14.6. The largest absolute Gasteiger partial charge is 0.375 e. The van der Waals surface area contributed by atoms with Crippen molar-refractivity contribution in [1.29, 1.82) is 0 Å². The van der Waals surface area contributed by atoms with E-state index in [1.165, 1.54) is 7.11 Å². The first kappa shape index (κ1) is 18.4. The third-order valence-corrected chi connectivity index (χ3v) is 5.61. The maximum atomic E-state index is 12.4. The average Bonchev–Trinajstić information content (AvgIpc) is 3.04. The normalized spacial score (nSPS) is 13.5. The van der Waals surface area contributed by atoms with Crippen molar-refractivity contribution in [1.82, 2.24) is 0 Å². The van der Waals surface area contributed by atoms with E-state index in [1.54, 1.807) is 17.0 Å². The van der Waals surface area contributed by atoms with Gasteiger partial charge in [0.25, 0.3) is 5.91 Å². The van der Waals surface area contributed by atoms with Gasteiger partial charge in [0.05, 0.1) is 11.4 Å². The van der Waals surface area contributed by atoms with E-state index >= 15 is 0 Å². The van der Waals surface area contributed by atoms with E-state index < -0.39 is 10.0 Å². The number of amides is 1. The van der Waals surface area contributed by atoms with Crippen molar-refractivity contribution >= 4 is 27.3 Å². The van der Waals surface area contributed by atoms with Gasteiger partial charge in [0.2, 0.25) is 10.0 Å². The number of ether oxygens (including phenoxy) is 1. The molecule has 0 saturated heterocycles. The predicted molar refractivity (Wildman–Crippen MR) is 102 cm³/mol. The molecule has 7 heteroatoms. The summed E-state index contributed by atoms with van der Waals surface area (Å²) in [5.41, 5.74) is 3.22. The fourth-order valence-corrected chi connectivity index (χ4v) is 4.12. The van der Waals surface area contributed by atoms with Gasteiger partial charge in [-0.2, -0.15) is 0 Å². The van der Waals surface area contributed by atoms with Gasteiger partial charge in [-0.05, 0) is 36.1 Å². The number of carbonyl (C=O) groups excluding carboxylic acids is 1. The fraction of sp³-hybridized carbons (Fsp3) is 0.316. The van der Waals surface area contributed by atoms with E-state index in [0.29, 0.717) is 18.7 Å². The number of rotatable bonds is 7. The van der Waals surface area contributed by atoms with Crippen LogP contribution in [0.3, 0.4) is 0 Å². The number of benzene rings is 2. The number of anilines is 2. The van der Waals surface area contributed by atoms with Crippen LogP contribution in [0, 0.1) is 0 Å².